The first kappa shape index (κ1) is 15.0. The van der Waals surface area contributed by atoms with E-state index in [1.165, 1.54) is 23.9 Å². The molecule has 1 rings (SSSR count). The van der Waals surface area contributed by atoms with E-state index >= 15 is 0 Å². The van der Waals surface area contributed by atoms with Crippen molar-refractivity contribution in [1.29, 1.82) is 0 Å². The zero-order valence-electron chi connectivity index (χ0n) is 10.4. The summed E-state index contributed by atoms with van der Waals surface area (Å²) in [7, 11) is -2.50. The van der Waals surface area contributed by atoms with Gasteiger partial charge in [-0.3, -0.25) is 9.59 Å². The number of aryl methyl sites for hydroxylation is 1. The lowest BCUT2D eigenvalue weighted by atomic mass is 10.3. The minimum Gasteiger partial charge on any atom is -0.364 e. The van der Waals surface area contributed by atoms with E-state index in [9.17, 15) is 18.0 Å². The first-order valence-electron chi connectivity index (χ1n) is 5.40. The lowest BCUT2D eigenvalue weighted by Gasteiger charge is -2.03. The highest BCUT2D eigenvalue weighted by molar-refractivity contribution is 7.90. The molecule has 0 saturated carbocycles. The number of hydrogen-bond donors (Lipinski definition) is 2. The van der Waals surface area contributed by atoms with Crippen LogP contribution in [-0.4, -0.2) is 24.8 Å². The van der Waals surface area contributed by atoms with Crippen LogP contribution in [0.25, 0.3) is 0 Å². The van der Waals surface area contributed by atoms with Gasteiger partial charge < -0.3 is 10.3 Å². The van der Waals surface area contributed by atoms with E-state index in [0.717, 1.165) is 6.07 Å². The summed E-state index contributed by atoms with van der Waals surface area (Å²) in [5, 5.41) is 0. The molecule has 19 heavy (non-hydrogen) atoms. The molecule has 1 aromatic heterocycles. The third-order valence-corrected chi connectivity index (χ3v) is 3.71. The van der Waals surface area contributed by atoms with Crippen molar-refractivity contribution in [2.45, 2.75) is 17.7 Å². The molecule has 2 amide bonds. The Bertz CT molecular complexity index is 616. The van der Waals surface area contributed by atoms with Gasteiger partial charge in [-0.15, -0.1) is 6.58 Å². The van der Waals surface area contributed by atoms with E-state index in [1.54, 1.807) is 0 Å². The van der Waals surface area contributed by atoms with E-state index in [4.69, 9.17) is 5.73 Å². The summed E-state index contributed by atoms with van der Waals surface area (Å²) in [4.78, 5) is 22.2. The molecule has 0 aliphatic rings. The van der Waals surface area contributed by atoms with Gasteiger partial charge in [-0.25, -0.2) is 13.1 Å². The van der Waals surface area contributed by atoms with Crippen LogP contribution >= 0.6 is 0 Å². The van der Waals surface area contributed by atoms with Crippen LogP contribution in [-0.2, 0) is 21.9 Å². The van der Waals surface area contributed by atoms with E-state index < -0.39 is 21.8 Å². The number of nitrogens with two attached hydrogens (primary N) is 1. The number of allylic oxidation sites excluding steroid dienone is 1. The number of hydrogen-bond acceptors (Lipinski definition) is 4. The number of amides is 2. The topological polar surface area (TPSA) is 111 Å². The Morgan fingerprint density at radius 1 is 1.53 bits per heavy atom. The summed E-state index contributed by atoms with van der Waals surface area (Å²) in [6.07, 6.45) is 3.13. The Labute approximate surface area is 111 Å². The maximum Gasteiger partial charge on any atom is 0.265 e. The van der Waals surface area contributed by atoms with Gasteiger partial charge in [-0.05, 0) is 12.5 Å². The summed E-state index contributed by atoms with van der Waals surface area (Å²) in [6, 6.07) is 1.12. The molecule has 0 fully saturated rings. The lowest BCUT2D eigenvalue weighted by Crippen LogP contribution is -2.30. The monoisotopic (exact) mass is 285 g/mol. The van der Waals surface area contributed by atoms with Crippen LogP contribution in [0.5, 0.6) is 0 Å². The molecule has 8 heteroatoms. The minimum atomic E-state index is -3.99. The summed E-state index contributed by atoms with van der Waals surface area (Å²) in [5.74, 6) is -1.38. The number of aromatic nitrogens is 1. The molecule has 0 unspecified atom stereocenters. The predicted octanol–water partition coefficient (Wildman–Crippen LogP) is -0.105. The standard InChI is InChI=1S/C11H15N3O4S/c1-3-4-5-10(15)13-19(17,18)8-6-9(11(12)16)14(2)7-8/h3,6-7H,1,4-5H2,2H3,(H2,12,16)(H,13,15). The van der Waals surface area contributed by atoms with Crippen molar-refractivity contribution in [3.8, 4) is 0 Å². The van der Waals surface area contributed by atoms with Crippen LogP contribution in [0.3, 0.4) is 0 Å². The average molecular weight is 285 g/mol. The van der Waals surface area contributed by atoms with E-state index in [0.29, 0.717) is 6.42 Å². The van der Waals surface area contributed by atoms with Crippen LogP contribution in [0.2, 0.25) is 0 Å². The summed E-state index contributed by atoms with van der Waals surface area (Å²) in [5.41, 5.74) is 5.13. The number of nitrogens with zero attached hydrogens (tertiary/aromatic N) is 1. The fraction of sp³-hybridized carbons (Fsp3) is 0.273. The van der Waals surface area contributed by atoms with Gasteiger partial charge in [0.25, 0.3) is 15.9 Å². The number of carbonyl (C=O) groups is 2. The summed E-state index contributed by atoms with van der Waals surface area (Å²) < 4.78 is 26.9. The minimum absolute atomic E-state index is 0.0260. The number of nitrogens with one attached hydrogen (secondary N) is 1. The van der Waals surface area contributed by atoms with Crippen LogP contribution in [0.4, 0.5) is 0 Å². The first-order chi connectivity index (χ1) is 8.77. The fourth-order valence-corrected chi connectivity index (χ4v) is 2.50. The van der Waals surface area contributed by atoms with Gasteiger partial charge in [0.15, 0.2) is 0 Å². The molecule has 104 valence electrons. The van der Waals surface area contributed by atoms with Crippen molar-refractivity contribution in [3.63, 3.8) is 0 Å². The van der Waals surface area contributed by atoms with E-state index in [1.807, 2.05) is 4.72 Å². The van der Waals surface area contributed by atoms with Crippen LogP contribution in [0, 0.1) is 0 Å². The normalized spacial score (nSPS) is 11.0. The quantitative estimate of drug-likeness (QED) is 0.710. The second kappa shape index (κ2) is 5.70. The second-order valence-electron chi connectivity index (χ2n) is 3.89. The molecular weight excluding hydrogens is 270 g/mol. The number of primary amides is 1. The highest BCUT2D eigenvalue weighted by Gasteiger charge is 2.21. The Hall–Kier alpha value is -2.09. The zero-order chi connectivity index (χ0) is 14.6. The third-order valence-electron chi connectivity index (χ3n) is 2.37. The van der Waals surface area contributed by atoms with Crippen molar-refractivity contribution < 1.29 is 18.0 Å². The fourth-order valence-electron chi connectivity index (χ4n) is 1.42. The number of rotatable bonds is 6. The second-order valence-corrected chi connectivity index (χ2v) is 5.57. The largest absolute Gasteiger partial charge is 0.364 e. The maximum atomic E-state index is 11.9. The highest BCUT2D eigenvalue weighted by Crippen LogP contribution is 2.13. The first-order valence-corrected chi connectivity index (χ1v) is 6.89. The molecule has 0 atom stereocenters. The van der Waals surface area contributed by atoms with Gasteiger partial charge in [0.1, 0.15) is 10.6 Å². The molecule has 0 radical (unpaired) electrons. The maximum absolute atomic E-state index is 11.9. The molecule has 3 N–H and O–H groups in total. The predicted molar refractivity (Wildman–Crippen MR) is 68.7 cm³/mol. The van der Waals surface area contributed by atoms with Gasteiger partial charge in [-0.1, -0.05) is 6.08 Å². The van der Waals surface area contributed by atoms with Crippen molar-refractivity contribution >= 4 is 21.8 Å². The van der Waals surface area contributed by atoms with Gasteiger partial charge in [0.05, 0.1) is 0 Å². The van der Waals surface area contributed by atoms with Gasteiger partial charge in [-0.2, -0.15) is 0 Å². The molecule has 0 spiro atoms. The SMILES string of the molecule is C=CCCC(=O)NS(=O)(=O)c1cc(C(N)=O)n(C)c1. The average Bonchev–Trinajstić information content (AvgIpc) is 2.69. The van der Waals surface area contributed by atoms with Crippen LogP contribution in [0.1, 0.15) is 23.3 Å². The van der Waals surface area contributed by atoms with Gasteiger partial charge in [0.2, 0.25) is 5.91 Å². The molecule has 0 bridgehead atoms. The molecule has 0 aliphatic carbocycles. The van der Waals surface area contributed by atoms with E-state index in [-0.39, 0.29) is 17.0 Å². The summed E-state index contributed by atoms with van der Waals surface area (Å²) in [6.45, 7) is 3.44. The highest BCUT2D eigenvalue weighted by atomic mass is 32.2. The number of carbonyl (C=O) groups excluding carboxylic acids is 2. The van der Waals surface area contributed by atoms with Crippen LogP contribution in [0.15, 0.2) is 29.8 Å². The smallest absolute Gasteiger partial charge is 0.265 e. The Morgan fingerprint density at radius 3 is 2.63 bits per heavy atom. The molecule has 0 aromatic carbocycles. The molecule has 0 aliphatic heterocycles. The van der Waals surface area contributed by atoms with Crippen molar-refractivity contribution in [2.75, 3.05) is 0 Å². The van der Waals surface area contributed by atoms with Crippen LogP contribution < -0.4 is 10.5 Å². The molecule has 1 heterocycles. The van der Waals surface area contributed by atoms with Crippen molar-refractivity contribution in [3.05, 3.63) is 30.6 Å². The van der Waals surface area contributed by atoms with E-state index in [2.05, 4.69) is 6.58 Å². The molecular formula is C11H15N3O4S. The van der Waals surface area contributed by atoms with Crippen molar-refractivity contribution in [2.24, 2.45) is 12.8 Å². The molecule has 0 saturated heterocycles. The van der Waals surface area contributed by atoms with Gasteiger partial charge in [0, 0.05) is 19.7 Å². The number of sulfonamides is 1. The zero-order valence-corrected chi connectivity index (χ0v) is 11.2. The summed E-state index contributed by atoms with van der Waals surface area (Å²) >= 11 is 0. The molecule has 7 nitrogen and oxygen atoms in total. The third kappa shape index (κ3) is 3.68. The van der Waals surface area contributed by atoms with Gasteiger partial charge >= 0.3 is 0 Å². The molecule has 1 aromatic rings. The Morgan fingerprint density at radius 2 is 2.16 bits per heavy atom. The Kier molecular flexibility index (Phi) is 4.49. The Balaban J connectivity index is 2.95. The van der Waals surface area contributed by atoms with Crippen molar-refractivity contribution in [1.82, 2.24) is 9.29 Å². The lowest BCUT2D eigenvalue weighted by molar-refractivity contribution is -0.119.